The van der Waals surface area contributed by atoms with E-state index in [1.165, 1.54) is 72.3 Å². The van der Waals surface area contributed by atoms with Crippen molar-refractivity contribution in [1.82, 2.24) is 0 Å². The summed E-state index contributed by atoms with van der Waals surface area (Å²) in [6.45, 7) is 22.4. The molecule has 0 N–H and O–H groups in total. The SMILES string of the molecule is CC1=Cc2c(-c3cc(C)cc(C)c3)cccc2[CH]1[Zr]([Cl])([Cl])([CH]1C(c2ccc(C)o2)=Cc2c1ccc(C)c2-c1ccc(C(C)(C)C)cc1)=[Si](C)C. The molecular weight excluding hydrogens is 747 g/mol. The summed E-state index contributed by atoms with van der Waals surface area (Å²) in [5, 5.41) is 0. The van der Waals surface area contributed by atoms with E-state index in [1.807, 2.05) is 6.92 Å². The van der Waals surface area contributed by atoms with E-state index >= 15 is 0 Å². The molecule has 256 valence electrons. The summed E-state index contributed by atoms with van der Waals surface area (Å²) < 4.78 is 6.34. The van der Waals surface area contributed by atoms with Gasteiger partial charge in [0.05, 0.1) is 0 Å². The molecule has 4 aromatic carbocycles. The van der Waals surface area contributed by atoms with E-state index in [0.717, 1.165) is 17.1 Å². The third-order valence-corrected chi connectivity index (χ3v) is 57.9. The zero-order valence-corrected chi connectivity index (χ0v) is 36.0. The molecule has 2 aliphatic carbocycles. The van der Waals surface area contributed by atoms with Crippen LogP contribution in [0.4, 0.5) is 0 Å². The standard InChI is InChI=1S/C25H25O.C18H17.C2H6Si.2ClH.Zr/c1-16-6-8-19-14-20(23-13-7-17(2)26-23)15-22(19)24(16)18-9-11-21(12-10-18)25(3,4)5;1-12-7-13(2)10-16(9-12)17-6-4-5-15-8-14(3)11-18(15)17;1-3-2;;;/h6-15H,1-5H3;4-11H,1-3H3;1-2H3;2*1H;/q;;;;;+2/p-2. The molecule has 5 heteroatoms. The van der Waals surface area contributed by atoms with Gasteiger partial charge < -0.3 is 0 Å². The fourth-order valence-electron chi connectivity index (χ4n) is 8.83. The molecule has 5 aromatic rings. The Morgan fingerprint density at radius 3 is 1.94 bits per heavy atom. The summed E-state index contributed by atoms with van der Waals surface area (Å²) in [7, 11) is 17.4. The van der Waals surface area contributed by atoms with Crippen molar-refractivity contribution in [3.8, 4) is 22.3 Å². The molecule has 1 heterocycles. The predicted molar refractivity (Wildman–Crippen MR) is 216 cm³/mol. The van der Waals surface area contributed by atoms with Gasteiger partial charge in [0.2, 0.25) is 0 Å². The van der Waals surface area contributed by atoms with Crippen LogP contribution in [0.25, 0.3) is 40.0 Å². The molecule has 7 rings (SSSR count). The van der Waals surface area contributed by atoms with Crippen LogP contribution in [0.1, 0.15) is 91.0 Å². The second-order valence-electron chi connectivity index (χ2n) is 16.2. The first-order valence-electron chi connectivity index (χ1n) is 17.8. The summed E-state index contributed by atoms with van der Waals surface area (Å²) in [5.41, 5.74) is 16.4. The zero-order chi connectivity index (χ0) is 35.9. The van der Waals surface area contributed by atoms with E-state index in [9.17, 15) is 0 Å². The fraction of sp³-hybridized carbons (Fsp3) is 0.289. The van der Waals surface area contributed by atoms with Crippen LogP contribution < -0.4 is 0 Å². The Hall–Kier alpha value is -2.68. The number of hydrogen-bond donors (Lipinski definition) is 0. The van der Waals surface area contributed by atoms with Gasteiger partial charge in [-0.1, -0.05) is 0 Å². The summed E-state index contributed by atoms with van der Waals surface area (Å²) >= 11 is -5.06. The average Bonchev–Trinajstić information content (AvgIpc) is 3.74. The van der Waals surface area contributed by atoms with Gasteiger partial charge in [0.1, 0.15) is 0 Å². The van der Waals surface area contributed by atoms with Crippen molar-refractivity contribution in [3.05, 3.63) is 147 Å². The van der Waals surface area contributed by atoms with Crippen LogP contribution in [0.3, 0.4) is 0 Å². The first-order valence-corrected chi connectivity index (χ1v) is 33.1. The molecule has 50 heavy (non-hydrogen) atoms. The van der Waals surface area contributed by atoms with Gasteiger partial charge in [-0.2, -0.15) is 0 Å². The molecule has 0 bridgehead atoms. The summed E-state index contributed by atoms with van der Waals surface area (Å²) in [6, 6.07) is 31.6. The van der Waals surface area contributed by atoms with Gasteiger partial charge in [-0.05, 0) is 0 Å². The third kappa shape index (κ3) is 5.67. The Morgan fingerprint density at radius 1 is 0.680 bits per heavy atom. The second kappa shape index (κ2) is 12.5. The van der Waals surface area contributed by atoms with E-state index in [-0.39, 0.29) is 12.7 Å². The van der Waals surface area contributed by atoms with Crippen LogP contribution in [0.2, 0.25) is 13.1 Å². The van der Waals surface area contributed by atoms with Crippen molar-refractivity contribution in [2.75, 3.05) is 0 Å². The quantitative estimate of drug-likeness (QED) is 0.162. The predicted octanol–water partition coefficient (Wildman–Crippen LogP) is 14.1. The van der Waals surface area contributed by atoms with Crippen molar-refractivity contribution in [1.29, 1.82) is 0 Å². The van der Waals surface area contributed by atoms with E-state index in [2.05, 4.69) is 159 Å². The van der Waals surface area contributed by atoms with Gasteiger partial charge in [0.15, 0.2) is 0 Å². The molecular formula is C45H48Cl2OSiZr. The van der Waals surface area contributed by atoms with Gasteiger partial charge in [0.25, 0.3) is 0 Å². The van der Waals surface area contributed by atoms with Crippen molar-refractivity contribution in [2.24, 2.45) is 0 Å². The third-order valence-electron chi connectivity index (χ3n) is 11.3. The number of hydrogen-bond acceptors (Lipinski definition) is 1. The topological polar surface area (TPSA) is 13.1 Å². The van der Waals surface area contributed by atoms with Crippen LogP contribution in [0.15, 0.2) is 94.9 Å². The number of allylic oxidation sites excluding steroid dienone is 2. The Kier molecular flexibility index (Phi) is 8.91. The minimum absolute atomic E-state index is 0.0178. The van der Waals surface area contributed by atoms with Gasteiger partial charge in [-0.3, -0.25) is 0 Å². The molecule has 1 aromatic heterocycles. The van der Waals surface area contributed by atoms with Crippen LogP contribution in [0, 0.1) is 27.7 Å². The van der Waals surface area contributed by atoms with E-state index in [1.54, 1.807) is 0 Å². The number of fused-ring (bicyclic) bond motifs is 2. The zero-order valence-electron chi connectivity index (χ0n) is 31.1. The number of halogens is 2. The molecule has 2 aliphatic rings. The van der Waals surface area contributed by atoms with Gasteiger partial charge >= 0.3 is 310 Å². The first kappa shape index (κ1) is 35.7. The Balaban J connectivity index is 1.49. The van der Waals surface area contributed by atoms with E-state index < -0.39 is 20.4 Å². The van der Waals surface area contributed by atoms with Crippen molar-refractivity contribution in [2.45, 2.75) is 81.2 Å². The molecule has 0 fully saturated rings. The van der Waals surface area contributed by atoms with Crippen molar-refractivity contribution >= 4 is 40.2 Å². The van der Waals surface area contributed by atoms with Crippen molar-refractivity contribution < 1.29 is 19.4 Å². The first-order chi connectivity index (χ1) is 23.5. The van der Waals surface area contributed by atoms with Gasteiger partial charge in [-0.15, -0.1) is 0 Å². The summed E-state index contributed by atoms with van der Waals surface area (Å²) in [6.07, 6.45) is 4.77. The molecule has 2 atom stereocenters. The monoisotopic (exact) mass is 792 g/mol. The van der Waals surface area contributed by atoms with E-state index in [4.69, 9.17) is 21.4 Å². The van der Waals surface area contributed by atoms with Gasteiger partial charge in [-0.25, -0.2) is 0 Å². The second-order valence-corrected chi connectivity index (χ2v) is 55.0. The molecule has 0 radical (unpaired) electrons. The Labute approximate surface area is 307 Å². The molecule has 0 amide bonds. The minimum atomic E-state index is -5.06. The average molecular weight is 795 g/mol. The molecule has 0 aliphatic heterocycles. The van der Waals surface area contributed by atoms with Crippen LogP contribution in [-0.4, -0.2) is 5.43 Å². The van der Waals surface area contributed by atoms with E-state index in [0.29, 0.717) is 0 Å². The number of aryl methyl sites for hydroxylation is 4. The molecule has 2 unspecified atom stereocenters. The van der Waals surface area contributed by atoms with Crippen molar-refractivity contribution in [3.63, 3.8) is 0 Å². The maximum absolute atomic E-state index is 8.70. The molecule has 0 spiro atoms. The van der Waals surface area contributed by atoms with Crippen LogP contribution in [-0.2, 0) is 20.4 Å². The van der Waals surface area contributed by atoms with Crippen LogP contribution >= 0.6 is 17.0 Å². The molecule has 0 saturated carbocycles. The normalized spacial score (nSPS) is 17.4. The summed E-state index contributed by atoms with van der Waals surface area (Å²) in [5.74, 6) is 1.77. The number of benzene rings is 4. The fourth-order valence-corrected chi connectivity index (χ4v) is 37.9. The van der Waals surface area contributed by atoms with Gasteiger partial charge in [0, 0.05) is 0 Å². The molecule has 0 saturated heterocycles. The Morgan fingerprint density at radius 2 is 1.34 bits per heavy atom. The Bertz CT molecular complexity index is 2320. The summed E-state index contributed by atoms with van der Waals surface area (Å²) in [4.78, 5) is 0. The number of furan rings is 1. The molecule has 1 nitrogen and oxygen atoms in total. The maximum atomic E-state index is 8.70. The van der Waals surface area contributed by atoms with Crippen LogP contribution in [0.5, 0.6) is 0 Å². The number of rotatable bonds is 5.